The monoisotopic (exact) mass is 276 g/mol. The Kier molecular flexibility index (Phi) is 5.58. The first-order chi connectivity index (χ1) is 9.54. The van der Waals surface area contributed by atoms with Gasteiger partial charge in [-0.05, 0) is 30.4 Å². The lowest BCUT2D eigenvalue weighted by Crippen LogP contribution is -2.44. The van der Waals surface area contributed by atoms with Crippen molar-refractivity contribution in [1.82, 2.24) is 4.90 Å². The van der Waals surface area contributed by atoms with Gasteiger partial charge in [0.25, 0.3) is 0 Å². The second-order valence-electron chi connectivity index (χ2n) is 6.39. The van der Waals surface area contributed by atoms with E-state index >= 15 is 0 Å². The second-order valence-corrected chi connectivity index (χ2v) is 6.39. The molecule has 1 fully saturated rings. The molecule has 3 heteroatoms. The highest BCUT2D eigenvalue weighted by Gasteiger charge is 2.19. The summed E-state index contributed by atoms with van der Waals surface area (Å²) in [6.07, 6.45) is 1.46. The predicted molar refractivity (Wildman–Crippen MR) is 83.8 cm³/mol. The number of morpholine rings is 1. The molecule has 1 aliphatic rings. The van der Waals surface area contributed by atoms with Crippen molar-refractivity contribution in [3.05, 3.63) is 35.4 Å². The first-order valence-electron chi connectivity index (χ1n) is 7.73. The van der Waals surface area contributed by atoms with Crippen LogP contribution in [0.3, 0.4) is 0 Å². The third-order valence-electron chi connectivity index (χ3n) is 3.83. The number of nitrogens with zero attached hydrogens (tertiary/aromatic N) is 1. The van der Waals surface area contributed by atoms with Crippen molar-refractivity contribution in [3.63, 3.8) is 0 Å². The van der Waals surface area contributed by atoms with Crippen molar-refractivity contribution in [1.29, 1.82) is 0 Å². The predicted octanol–water partition coefficient (Wildman–Crippen LogP) is 2.61. The quantitative estimate of drug-likeness (QED) is 0.898. The molecule has 2 unspecified atom stereocenters. The van der Waals surface area contributed by atoms with E-state index in [1.807, 2.05) is 0 Å². The molecule has 0 aromatic heterocycles. The molecule has 0 spiro atoms. The van der Waals surface area contributed by atoms with E-state index in [1.165, 1.54) is 11.1 Å². The lowest BCUT2D eigenvalue weighted by atomic mass is 9.99. The molecule has 0 bridgehead atoms. The lowest BCUT2D eigenvalue weighted by molar-refractivity contribution is -0.0199. The summed E-state index contributed by atoms with van der Waals surface area (Å²) >= 11 is 0. The van der Waals surface area contributed by atoms with Crippen LogP contribution < -0.4 is 5.73 Å². The first-order valence-corrected chi connectivity index (χ1v) is 7.73. The van der Waals surface area contributed by atoms with Crippen LogP contribution in [-0.2, 0) is 11.2 Å². The topological polar surface area (TPSA) is 38.5 Å². The van der Waals surface area contributed by atoms with Crippen molar-refractivity contribution in [2.24, 2.45) is 11.7 Å². The van der Waals surface area contributed by atoms with Gasteiger partial charge in [-0.3, -0.25) is 4.90 Å². The van der Waals surface area contributed by atoms with E-state index in [4.69, 9.17) is 10.5 Å². The fourth-order valence-corrected chi connectivity index (χ4v) is 2.81. The normalized spacial score (nSPS) is 22.1. The highest BCUT2D eigenvalue weighted by molar-refractivity contribution is 5.25. The molecule has 1 saturated heterocycles. The molecule has 2 N–H and O–H groups in total. The van der Waals surface area contributed by atoms with Crippen LogP contribution in [0.5, 0.6) is 0 Å². The largest absolute Gasteiger partial charge is 0.376 e. The molecule has 0 aliphatic carbocycles. The molecular formula is C17H28N2O. The van der Waals surface area contributed by atoms with Crippen LogP contribution in [0.25, 0.3) is 0 Å². The Hall–Kier alpha value is -0.900. The van der Waals surface area contributed by atoms with Crippen molar-refractivity contribution in [3.8, 4) is 0 Å². The molecule has 1 aliphatic heterocycles. The fourth-order valence-electron chi connectivity index (χ4n) is 2.81. The van der Waals surface area contributed by atoms with Crippen LogP contribution in [0.15, 0.2) is 24.3 Å². The van der Waals surface area contributed by atoms with Crippen molar-refractivity contribution >= 4 is 0 Å². The Morgan fingerprint density at radius 2 is 2.00 bits per heavy atom. The smallest absolute Gasteiger partial charge is 0.0674 e. The summed E-state index contributed by atoms with van der Waals surface area (Å²) in [6, 6.07) is 8.90. The zero-order chi connectivity index (χ0) is 14.5. The van der Waals surface area contributed by atoms with E-state index in [1.54, 1.807) is 0 Å². The lowest BCUT2D eigenvalue weighted by Gasteiger charge is -2.32. The number of rotatable bonds is 5. The van der Waals surface area contributed by atoms with Gasteiger partial charge in [0.15, 0.2) is 0 Å². The molecule has 0 amide bonds. The summed E-state index contributed by atoms with van der Waals surface area (Å²) in [4.78, 5) is 2.40. The van der Waals surface area contributed by atoms with Gasteiger partial charge in [-0.15, -0.1) is 0 Å². The highest BCUT2D eigenvalue weighted by atomic mass is 16.5. The SMILES string of the molecule is CC(C)Cc1ccc(C(N)CN2CCOC(C)C2)cc1. The molecule has 1 heterocycles. The van der Waals surface area contributed by atoms with Gasteiger partial charge >= 0.3 is 0 Å². The maximum Gasteiger partial charge on any atom is 0.0674 e. The van der Waals surface area contributed by atoms with Gasteiger partial charge in [-0.2, -0.15) is 0 Å². The zero-order valence-electron chi connectivity index (χ0n) is 13.0. The minimum absolute atomic E-state index is 0.0911. The van der Waals surface area contributed by atoms with Gasteiger partial charge in [-0.1, -0.05) is 38.1 Å². The van der Waals surface area contributed by atoms with E-state index in [0.717, 1.165) is 32.7 Å². The molecule has 2 rings (SSSR count). The minimum atomic E-state index is 0.0911. The Balaban J connectivity index is 1.90. The number of ether oxygens (including phenoxy) is 1. The first kappa shape index (κ1) is 15.5. The summed E-state index contributed by atoms with van der Waals surface area (Å²) in [5.74, 6) is 0.698. The summed E-state index contributed by atoms with van der Waals surface area (Å²) < 4.78 is 5.57. The van der Waals surface area contributed by atoms with E-state index in [0.29, 0.717) is 12.0 Å². The van der Waals surface area contributed by atoms with Crippen molar-refractivity contribution in [2.45, 2.75) is 39.3 Å². The minimum Gasteiger partial charge on any atom is -0.376 e. The number of hydrogen-bond donors (Lipinski definition) is 1. The average molecular weight is 276 g/mol. The van der Waals surface area contributed by atoms with Crippen LogP contribution in [0.2, 0.25) is 0 Å². The Bertz CT molecular complexity index is 402. The second kappa shape index (κ2) is 7.21. The highest BCUT2D eigenvalue weighted by Crippen LogP contribution is 2.16. The van der Waals surface area contributed by atoms with E-state index < -0.39 is 0 Å². The molecule has 20 heavy (non-hydrogen) atoms. The maximum atomic E-state index is 6.34. The van der Waals surface area contributed by atoms with Crippen LogP contribution in [0, 0.1) is 5.92 Å². The van der Waals surface area contributed by atoms with Crippen molar-refractivity contribution in [2.75, 3.05) is 26.2 Å². The van der Waals surface area contributed by atoms with Crippen LogP contribution in [-0.4, -0.2) is 37.2 Å². The molecule has 0 saturated carbocycles. The molecule has 1 aromatic carbocycles. The van der Waals surface area contributed by atoms with E-state index in [2.05, 4.69) is 49.9 Å². The van der Waals surface area contributed by atoms with Crippen LogP contribution in [0.4, 0.5) is 0 Å². The van der Waals surface area contributed by atoms with Gasteiger partial charge < -0.3 is 10.5 Å². The molecular weight excluding hydrogens is 248 g/mol. The molecule has 112 valence electrons. The standard InChI is InChI=1S/C17H28N2O/c1-13(2)10-15-4-6-16(7-5-15)17(18)12-19-8-9-20-14(3)11-19/h4-7,13-14,17H,8-12,18H2,1-3H3. The average Bonchev–Trinajstić information content (AvgIpc) is 2.38. The maximum absolute atomic E-state index is 6.34. The summed E-state index contributed by atoms with van der Waals surface area (Å²) in [5, 5.41) is 0. The molecule has 0 radical (unpaired) electrons. The van der Waals surface area contributed by atoms with Crippen molar-refractivity contribution < 1.29 is 4.74 Å². The van der Waals surface area contributed by atoms with Gasteiger partial charge in [0.2, 0.25) is 0 Å². The van der Waals surface area contributed by atoms with Crippen LogP contribution in [0.1, 0.15) is 37.9 Å². The van der Waals surface area contributed by atoms with E-state index in [9.17, 15) is 0 Å². The Morgan fingerprint density at radius 3 is 2.60 bits per heavy atom. The summed E-state index contributed by atoms with van der Waals surface area (Å²) in [6.45, 7) is 10.3. The Morgan fingerprint density at radius 1 is 1.30 bits per heavy atom. The molecule has 2 atom stereocenters. The van der Waals surface area contributed by atoms with E-state index in [-0.39, 0.29) is 6.04 Å². The number of benzene rings is 1. The zero-order valence-corrected chi connectivity index (χ0v) is 13.0. The van der Waals surface area contributed by atoms with Gasteiger partial charge in [0.1, 0.15) is 0 Å². The van der Waals surface area contributed by atoms with Gasteiger partial charge in [0, 0.05) is 25.7 Å². The van der Waals surface area contributed by atoms with Gasteiger partial charge in [0.05, 0.1) is 12.7 Å². The third kappa shape index (κ3) is 4.58. The molecule has 3 nitrogen and oxygen atoms in total. The van der Waals surface area contributed by atoms with Crippen LogP contribution >= 0.6 is 0 Å². The molecule has 1 aromatic rings. The Labute approximate surface area is 123 Å². The summed E-state index contributed by atoms with van der Waals surface area (Å²) in [7, 11) is 0. The fraction of sp³-hybridized carbons (Fsp3) is 0.647. The number of nitrogens with two attached hydrogens (primary N) is 1. The third-order valence-corrected chi connectivity index (χ3v) is 3.83. The summed E-state index contributed by atoms with van der Waals surface area (Å²) in [5.41, 5.74) is 8.97. The van der Waals surface area contributed by atoms with Gasteiger partial charge in [-0.25, -0.2) is 0 Å². The number of hydrogen-bond acceptors (Lipinski definition) is 3.